The normalized spacial score (nSPS) is 13.2. The minimum absolute atomic E-state index is 0.0411. The SMILES string of the molecule is COCC(=O)N1CCCc2ccc(NC(=O)COc3ccc(C(C)C)cc3)cc21. The molecule has 1 aliphatic rings. The van der Waals surface area contributed by atoms with Gasteiger partial charge in [-0.05, 0) is 54.2 Å². The molecule has 0 bridgehead atoms. The van der Waals surface area contributed by atoms with Crippen molar-refractivity contribution >= 4 is 23.2 Å². The van der Waals surface area contributed by atoms with E-state index in [-0.39, 0.29) is 25.0 Å². The number of carbonyl (C=O) groups excluding carboxylic acids is 2. The Kier molecular flexibility index (Phi) is 6.88. The van der Waals surface area contributed by atoms with Gasteiger partial charge in [-0.3, -0.25) is 9.59 Å². The molecule has 0 aliphatic carbocycles. The lowest BCUT2D eigenvalue weighted by Gasteiger charge is -2.29. The third kappa shape index (κ3) is 5.35. The Hall–Kier alpha value is -2.86. The number of ether oxygens (including phenoxy) is 2. The van der Waals surface area contributed by atoms with E-state index in [1.54, 1.807) is 4.90 Å². The summed E-state index contributed by atoms with van der Waals surface area (Å²) in [6, 6.07) is 13.4. The minimum atomic E-state index is -0.247. The van der Waals surface area contributed by atoms with Crippen molar-refractivity contribution in [3.05, 3.63) is 53.6 Å². The maximum absolute atomic E-state index is 12.3. The number of benzene rings is 2. The highest BCUT2D eigenvalue weighted by Crippen LogP contribution is 2.30. The number of hydrogen-bond acceptors (Lipinski definition) is 4. The van der Waals surface area contributed by atoms with Crippen LogP contribution in [0.15, 0.2) is 42.5 Å². The number of fused-ring (bicyclic) bond motifs is 1. The number of nitrogens with one attached hydrogen (secondary N) is 1. The Balaban J connectivity index is 1.62. The van der Waals surface area contributed by atoms with E-state index < -0.39 is 0 Å². The van der Waals surface area contributed by atoms with Crippen LogP contribution in [0.5, 0.6) is 5.75 Å². The molecule has 1 aliphatic heterocycles. The quantitative estimate of drug-likeness (QED) is 0.774. The number of hydrogen-bond donors (Lipinski definition) is 1. The van der Waals surface area contributed by atoms with Crippen molar-refractivity contribution < 1.29 is 19.1 Å². The first-order valence-electron chi connectivity index (χ1n) is 9.92. The molecule has 2 aromatic carbocycles. The van der Waals surface area contributed by atoms with Crippen LogP contribution in [0.25, 0.3) is 0 Å². The summed E-state index contributed by atoms with van der Waals surface area (Å²) in [4.78, 5) is 26.4. The fourth-order valence-electron chi connectivity index (χ4n) is 3.41. The van der Waals surface area contributed by atoms with Crippen molar-refractivity contribution in [3.8, 4) is 5.75 Å². The van der Waals surface area contributed by atoms with Crippen molar-refractivity contribution in [2.75, 3.05) is 37.1 Å². The van der Waals surface area contributed by atoms with Gasteiger partial charge < -0.3 is 19.7 Å². The Bertz CT molecular complexity index is 862. The molecule has 6 heteroatoms. The summed E-state index contributed by atoms with van der Waals surface area (Å²) in [6.07, 6.45) is 1.83. The van der Waals surface area contributed by atoms with E-state index >= 15 is 0 Å². The lowest BCUT2D eigenvalue weighted by Crippen LogP contribution is -2.37. The van der Waals surface area contributed by atoms with Gasteiger partial charge in [-0.15, -0.1) is 0 Å². The maximum Gasteiger partial charge on any atom is 0.262 e. The molecule has 3 rings (SSSR count). The highest BCUT2D eigenvalue weighted by molar-refractivity contribution is 5.97. The number of anilines is 2. The van der Waals surface area contributed by atoms with Crippen molar-refractivity contribution in [3.63, 3.8) is 0 Å². The predicted molar refractivity (Wildman–Crippen MR) is 114 cm³/mol. The molecule has 0 atom stereocenters. The predicted octanol–water partition coefficient (Wildman–Crippen LogP) is 3.75. The van der Waals surface area contributed by atoms with Crippen molar-refractivity contribution in [2.24, 2.45) is 0 Å². The molecule has 154 valence electrons. The Labute approximate surface area is 171 Å². The van der Waals surface area contributed by atoms with Gasteiger partial charge in [-0.2, -0.15) is 0 Å². The van der Waals surface area contributed by atoms with Crippen LogP contribution in [0.4, 0.5) is 11.4 Å². The summed E-state index contributed by atoms with van der Waals surface area (Å²) >= 11 is 0. The fourth-order valence-corrected chi connectivity index (χ4v) is 3.41. The standard InChI is InChI=1S/C23H28N2O4/c1-16(2)17-7-10-20(11-8-17)29-14-22(26)24-19-9-6-18-5-4-12-25(21(18)13-19)23(27)15-28-3/h6-11,13,16H,4-5,12,14-15H2,1-3H3,(H,24,26). The van der Waals surface area contributed by atoms with Crippen LogP contribution in [-0.2, 0) is 20.7 Å². The largest absolute Gasteiger partial charge is 0.484 e. The Morgan fingerprint density at radius 3 is 2.55 bits per heavy atom. The first-order chi connectivity index (χ1) is 14.0. The molecule has 1 heterocycles. The summed E-state index contributed by atoms with van der Waals surface area (Å²) in [5.41, 5.74) is 3.80. The van der Waals surface area contributed by atoms with Gasteiger partial charge in [0, 0.05) is 25.0 Å². The smallest absolute Gasteiger partial charge is 0.262 e. The molecule has 0 fully saturated rings. The summed E-state index contributed by atoms with van der Waals surface area (Å²) in [5, 5.41) is 2.85. The van der Waals surface area contributed by atoms with Crippen LogP contribution in [0.3, 0.4) is 0 Å². The van der Waals surface area contributed by atoms with Crippen molar-refractivity contribution in [1.29, 1.82) is 0 Å². The van der Waals surface area contributed by atoms with Crippen molar-refractivity contribution in [1.82, 2.24) is 0 Å². The lowest BCUT2D eigenvalue weighted by molar-refractivity contribution is -0.122. The number of rotatable bonds is 7. The zero-order chi connectivity index (χ0) is 20.8. The molecular formula is C23H28N2O4. The van der Waals surface area contributed by atoms with Gasteiger partial charge in [0.1, 0.15) is 12.4 Å². The van der Waals surface area contributed by atoms with Crippen LogP contribution in [0.1, 0.15) is 37.3 Å². The topological polar surface area (TPSA) is 67.9 Å². The first kappa shape index (κ1) is 20.9. The van der Waals surface area contributed by atoms with Gasteiger partial charge in [0.25, 0.3) is 11.8 Å². The molecule has 2 aromatic rings. The maximum atomic E-state index is 12.3. The zero-order valence-electron chi connectivity index (χ0n) is 17.2. The molecule has 0 saturated carbocycles. The third-order valence-corrected chi connectivity index (χ3v) is 4.97. The van der Waals surface area contributed by atoms with Crippen LogP contribution in [0, 0.1) is 0 Å². The second-order valence-electron chi connectivity index (χ2n) is 7.49. The van der Waals surface area contributed by atoms with E-state index in [2.05, 4.69) is 19.2 Å². The van der Waals surface area contributed by atoms with E-state index in [9.17, 15) is 9.59 Å². The average molecular weight is 396 g/mol. The van der Waals surface area contributed by atoms with Gasteiger partial charge in [-0.1, -0.05) is 32.0 Å². The highest BCUT2D eigenvalue weighted by atomic mass is 16.5. The Morgan fingerprint density at radius 2 is 1.86 bits per heavy atom. The van der Waals surface area contributed by atoms with Gasteiger partial charge in [0.2, 0.25) is 0 Å². The van der Waals surface area contributed by atoms with Crippen molar-refractivity contribution in [2.45, 2.75) is 32.6 Å². The van der Waals surface area contributed by atoms with E-state index in [0.717, 1.165) is 24.1 Å². The van der Waals surface area contributed by atoms with Gasteiger partial charge >= 0.3 is 0 Å². The summed E-state index contributed by atoms with van der Waals surface area (Å²) in [5.74, 6) is 0.784. The molecule has 0 spiro atoms. The second kappa shape index (κ2) is 9.56. The number of nitrogens with zero attached hydrogens (tertiary/aromatic N) is 1. The monoisotopic (exact) mass is 396 g/mol. The van der Waals surface area contributed by atoms with Crippen LogP contribution in [0.2, 0.25) is 0 Å². The van der Waals surface area contributed by atoms with Crippen LogP contribution >= 0.6 is 0 Å². The van der Waals surface area contributed by atoms with Gasteiger partial charge in [0.15, 0.2) is 6.61 Å². The lowest BCUT2D eigenvalue weighted by atomic mass is 10.0. The zero-order valence-corrected chi connectivity index (χ0v) is 17.2. The summed E-state index contributed by atoms with van der Waals surface area (Å²) in [7, 11) is 1.51. The summed E-state index contributed by atoms with van der Waals surface area (Å²) < 4.78 is 10.6. The second-order valence-corrected chi connectivity index (χ2v) is 7.49. The van der Waals surface area contributed by atoms with E-state index in [1.807, 2.05) is 42.5 Å². The molecule has 0 unspecified atom stereocenters. The number of methoxy groups -OCH3 is 1. The molecule has 2 amide bonds. The van der Waals surface area contributed by atoms with E-state index in [1.165, 1.54) is 12.7 Å². The Morgan fingerprint density at radius 1 is 1.10 bits per heavy atom. The van der Waals surface area contributed by atoms with Gasteiger partial charge in [0.05, 0.1) is 0 Å². The molecule has 0 saturated heterocycles. The third-order valence-electron chi connectivity index (χ3n) is 4.97. The molecule has 29 heavy (non-hydrogen) atoms. The number of aryl methyl sites for hydroxylation is 1. The van der Waals surface area contributed by atoms with E-state index in [0.29, 0.717) is 23.9 Å². The molecule has 1 N–H and O–H groups in total. The van der Waals surface area contributed by atoms with E-state index in [4.69, 9.17) is 9.47 Å². The minimum Gasteiger partial charge on any atom is -0.484 e. The molecular weight excluding hydrogens is 368 g/mol. The number of carbonyl (C=O) groups is 2. The molecule has 0 aromatic heterocycles. The highest BCUT2D eigenvalue weighted by Gasteiger charge is 2.23. The van der Waals surface area contributed by atoms with Gasteiger partial charge in [-0.25, -0.2) is 0 Å². The summed E-state index contributed by atoms with van der Waals surface area (Å²) in [6.45, 7) is 4.88. The molecule has 6 nitrogen and oxygen atoms in total. The fraction of sp³-hybridized carbons (Fsp3) is 0.391. The van der Waals surface area contributed by atoms with Crippen LogP contribution in [-0.4, -0.2) is 38.7 Å². The molecule has 0 radical (unpaired) electrons. The average Bonchev–Trinajstić information content (AvgIpc) is 2.72. The first-order valence-corrected chi connectivity index (χ1v) is 9.92. The van der Waals surface area contributed by atoms with Crippen LogP contribution < -0.4 is 15.0 Å². The number of amides is 2.